The molecule has 7 heteroatoms. The van der Waals surface area contributed by atoms with Gasteiger partial charge in [0.25, 0.3) is 11.2 Å². The summed E-state index contributed by atoms with van der Waals surface area (Å²) in [5, 5.41) is 4.05. The van der Waals surface area contributed by atoms with Crippen molar-refractivity contribution < 1.29 is 13.2 Å². The Morgan fingerprint density at radius 1 is 1.32 bits per heavy atom. The molecule has 0 spiro atoms. The fourth-order valence-electron chi connectivity index (χ4n) is 2.13. The molecule has 0 aliphatic carbocycles. The Morgan fingerprint density at radius 3 is 2.48 bits per heavy atom. The van der Waals surface area contributed by atoms with Crippen LogP contribution >= 0.6 is 0 Å². The van der Waals surface area contributed by atoms with Crippen LogP contribution in [0.4, 0.5) is 18.9 Å². The maximum absolute atomic E-state index is 13.3. The van der Waals surface area contributed by atoms with Gasteiger partial charge < -0.3 is 0 Å². The number of aromatic nitrogens is 1. The Bertz CT molecular complexity index is 877. The molecule has 1 aromatic carbocycles. The molecule has 0 amide bonds. The second-order valence-corrected chi connectivity index (χ2v) is 5.53. The molecular weight excluding hydrogens is 331 g/mol. The smallest absolute Gasteiger partial charge is 0.281 e. The van der Waals surface area contributed by atoms with E-state index in [0.29, 0.717) is 5.56 Å². The van der Waals surface area contributed by atoms with Gasteiger partial charge in [0.1, 0.15) is 0 Å². The standard InChI is InChI=1S/C18H16F3N3O/c1-4-12(2)11-23-24-15(13-8-6-5-7-9-13)10-14(18(19,20)21)16(22-3)17(24)25/h5-12H,4H2,1-2H3/b23-11+. The third kappa shape index (κ3) is 3.97. The van der Waals surface area contributed by atoms with Gasteiger partial charge in [0.05, 0.1) is 17.8 Å². The van der Waals surface area contributed by atoms with Crippen molar-refractivity contribution in [1.29, 1.82) is 0 Å². The van der Waals surface area contributed by atoms with Gasteiger partial charge in [-0.15, -0.1) is 0 Å². The van der Waals surface area contributed by atoms with E-state index >= 15 is 0 Å². The van der Waals surface area contributed by atoms with Gasteiger partial charge in [-0.3, -0.25) is 4.79 Å². The second-order valence-electron chi connectivity index (χ2n) is 5.53. The first-order valence-corrected chi connectivity index (χ1v) is 7.64. The van der Waals surface area contributed by atoms with E-state index in [-0.39, 0.29) is 11.6 Å². The molecule has 1 aromatic heterocycles. The van der Waals surface area contributed by atoms with Crippen LogP contribution in [0.5, 0.6) is 0 Å². The van der Waals surface area contributed by atoms with Crippen molar-refractivity contribution in [3.8, 4) is 11.3 Å². The van der Waals surface area contributed by atoms with Crippen molar-refractivity contribution in [1.82, 2.24) is 4.68 Å². The molecule has 25 heavy (non-hydrogen) atoms. The molecule has 1 unspecified atom stereocenters. The van der Waals surface area contributed by atoms with Gasteiger partial charge in [0, 0.05) is 11.8 Å². The molecule has 0 saturated carbocycles. The Labute approximate surface area is 143 Å². The first kappa shape index (κ1) is 18.5. The molecule has 130 valence electrons. The zero-order valence-electron chi connectivity index (χ0n) is 13.7. The fourth-order valence-corrected chi connectivity index (χ4v) is 2.13. The van der Waals surface area contributed by atoms with Crippen LogP contribution in [0, 0.1) is 12.5 Å². The van der Waals surface area contributed by atoms with E-state index in [1.165, 1.54) is 6.21 Å². The molecule has 1 heterocycles. The summed E-state index contributed by atoms with van der Waals surface area (Å²) in [5.41, 5.74) is -2.91. The first-order valence-electron chi connectivity index (χ1n) is 7.64. The maximum Gasteiger partial charge on any atom is 0.407 e. The molecule has 0 radical (unpaired) electrons. The van der Waals surface area contributed by atoms with Crippen molar-refractivity contribution in [2.24, 2.45) is 11.0 Å². The Balaban J connectivity index is 2.83. The minimum atomic E-state index is -4.80. The van der Waals surface area contributed by atoms with Crippen LogP contribution in [0.3, 0.4) is 0 Å². The normalized spacial score (nSPS) is 13.0. The van der Waals surface area contributed by atoms with Crippen LogP contribution in [-0.2, 0) is 6.18 Å². The monoisotopic (exact) mass is 347 g/mol. The van der Waals surface area contributed by atoms with Crippen LogP contribution in [-0.4, -0.2) is 10.9 Å². The summed E-state index contributed by atoms with van der Waals surface area (Å²) in [5.74, 6) is 0.0363. The summed E-state index contributed by atoms with van der Waals surface area (Å²) in [6, 6.07) is 8.99. The molecule has 0 saturated heterocycles. The van der Waals surface area contributed by atoms with Gasteiger partial charge in [0.2, 0.25) is 0 Å². The topological polar surface area (TPSA) is 38.7 Å². The molecule has 2 rings (SSSR count). The predicted octanol–water partition coefficient (Wildman–Crippen LogP) is 4.96. The van der Waals surface area contributed by atoms with Crippen LogP contribution in [0.2, 0.25) is 0 Å². The number of benzene rings is 1. The highest BCUT2D eigenvalue weighted by molar-refractivity contribution is 5.67. The lowest BCUT2D eigenvalue weighted by atomic mass is 10.1. The molecule has 0 aliphatic rings. The number of hydrogen-bond acceptors (Lipinski definition) is 2. The van der Waals surface area contributed by atoms with E-state index in [1.807, 2.05) is 13.8 Å². The van der Waals surface area contributed by atoms with Crippen molar-refractivity contribution in [2.75, 3.05) is 0 Å². The minimum Gasteiger partial charge on any atom is -0.281 e. The summed E-state index contributed by atoms with van der Waals surface area (Å²) in [6.45, 7) is 10.8. The van der Waals surface area contributed by atoms with E-state index in [2.05, 4.69) is 9.95 Å². The predicted molar refractivity (Wildman–Crippen MR) is 90.7 cm³/mol. The number of pyridine rings is 1. The number of hydrogen-bond donors (Lipinski definition) is 0. The van der Waals surface area contributed by atoms with E-state index < -0.39 is 23.0 Å². The van der Waals surface area contributed by atoms with Gasteiger partial charge in [-0.1, -0.05) is 44.2 Å². The zero-order valence-corrected chi connectivity index (χ0v) is 13.7. The quantitative estimate of drug-likeness (QED) is 0.569. The van der Waals surface area contributed by atoms with Gasteiger partial charge in [0.15, 0.2) is 0 Å². The van der Waals surface area contributed by atoms with Gasteiger partial charge in [-0.25, -0.2) is 9.52 Å². The van der Waals surface area contributed by atoms with E-state index in [1.54, 1.807) is 30.3 Å². The molecule has 4 nitrogen and oxygen atoms in total. The minimum absolute atomic E-state index is 0.00937. The summed E-state index contributed by atoms with van der Waals surface area (Å²) in [7, 11) is 0. The van der Waals surface area contributed by atoms with Crippen LogP contribution in [0.1, 0.15) is 25.8 Å². The Morgan fingerprint density at radius 2 is 1.96 bits per heavy atom. The lowest BCUT2D eigenvalue weighted by Gasteiger charge is -2.15. The van der Waals surface area contributed by atoms with Gasteiger partial charge in [-0.2, -0.15) is 18.3 Å². The third-order valence-electron chi connectivity index (χ3n) is 3.73. The zero-order chi connectivity index (χ0) is 18.6. The highest BCUT2D eigenvalue weighted by Crippen LogP contribution is 2.36. The summed E-state index contributed by atoms with van der Waals surface area (Å²) >= 11 is 0. The van der Waals surface area contributed by atoms with Crippen LogP contribution in [0.25, 0.3) is 16.1 Å². The number of nitrogens with zero attached hydrogens (tertiary/aromatic N) is 3. The number of alkyl halides is 3. The molecule has 0 fully saturated rings. The molecule has 0 N–H and O–H groups in total. The molecule has 0 aliphatic heterocycles. The maximum atomic E-state index is 13.3. The average molecular weight is 347 g/mol. The van der Waals surface area contributed by atoms with Crippen molar-refractivity contribution in [3.63, 3.8) is 0 Å². The molecule has 1 atom stereocenters. The SMILES string of the molecule is [C-]#[N+]c1c(C(F)(F)F)cc(-c2ccccc2)n(/N=C/C(C)CC)c1=O. The number of rotatable bonds is 4. The Hall–Kier alpha value is -2.88. The van der Waals surface area contributed by atoms with Gasteiger partial charge >= 0.3 is 6.18 Å². The van der Waals surface area contributed by atoms with Crippen LogP contribution in [0.15, 0.2) is 46.3 Å². The molecular formula is C18H16F3N3O. The highest BCUT2D eigenvalue weighted by atomic mass is 19.4. The average Bonchev–Trinajstić information content (AvgIpc) is 2.59. The lowest BCUT2D eigenvalue weighted by Crippen LogP contribution is -2.22. The van der Waals surface area contributed by atoms with E-state index in [4.69, 9.17) is 6.57 Å². The number of halogens is 3. The molecule has 2 aromatic rings. The Kier molecular flexibility index (Phi) is 5.42. The summed E-state index contributed by atoms with van der Waals surface area (Å²) in [6.07, 6.45) is -2.55. The highest BCUT2D eigenvalue weighted by Gasteiger charge is 2.36. The summed E-state index contributed by atoms with van der Waals surface area (Å²) < 4.78 is 40.7. The summed E-state index contributed by atoms with van der Waals surface area (Å²) in [4.78, 5) is 15.3. The van der Waals surface area contributed by atoms with Gasteiger partial charge in [-0.05, 0) is 18.4 Å². The van der Waals surface area contributed by atoms with E-state index in [9.17, 15) is 18.0 Å². The molecule has 0 bridgehead atoms. The fraction of sp³-hybridized carbons (Fsp3) is 0.278. The third-order valence-corrected chi connectivity index (χ3v) is 3.73. The van der Waals surface area contributed by atoms with E-state index in [0.717, 1.165) is 17.2 Å². The first-order chi connectivity index (χ1) is 11.8. The van der Waals surface area contributed by atoms with Crippen molar-refractivity contribution in [2.45, 2.75) is 26.4 Å². The largest absolute Gasteiger partial charge is 0.407 e. The van der Waals surface area contributed by atoms with Crippen molar-refractivity contribution >= 4 is 11.9 Å². The second kappa shape index (κ2) is 7.34. The van der Waals surface area contributed by atoms with Crippen LogP contribution < -0.4 is 5.56 Å². The van der Waals surface area contributed by atoms with Crippen molar-refractivity contribution in [3.05, 3.63) is 63.7 Å². The lowest BCUT2D eigenvalue weighted by molar-refractivity contribution is -0.136.